The summed E-state index contributed by atoms with van der Waals surface area (Å²) in [6.45, 7) is 2.53. The first-order valence-corrected chi connectivity index (χ1v) is 7.19. The highest BCUT2D eigenvalue weighted by Gasteiger charge is 2.11. The van der Waals surface area contributed by atoms with E-state index in [1.54, 1.807) is 10.9 Å². The molecule has 3 aromatic rings. The van der Waals surface area contributed by atoms with Crippen molar-refractivity contribution in [3.05, 3.63) is 72.2 Å². The van der Waals surface area contributed by atoms with Gasteiger partial charge in [0.2, 0.25) is 5.88 Å². The first-order valence-electron chi connectivity index (χ1n) is 7.19. The van der Waals surface area contributed by atoms with E-state index in [4.69, 9.17) is 9.84 Å². The summed E-state index contributed by atoms with van der Waals surface area (Å²) in [6, 6.07) is 16.3. The van der Waals surface area contributed by atoms with Crippen molar-refractivity contribution >= 4 is 6.16 Å². The van der Waals surface area contributed by atoms with Crippen LogP contribution in [0.3, 0.4) is 0 Å². The molecule has 0 bridgehead atoms. The molecular weight excluding hydrogens is 292 g/mol. The van der Waals surface area contributed by atoms with Gasteiger partial charge in [-0.2, -0.15) is 0 Å². The van der Waals surface area contributed by atoms with Crippen LogP contribution in [0.2, 0.25) is 0 Å². The third-order valence-electron chi connectivity index (χ3n) is 3.56. The molecule has 0 aliphatic carbocycles. The van der Waals surface area contributed by atoms with Gasteiger partial charge in [-0.25, -0.2) is 9.78 Å². The van der Waals surface area contributed by atoms with E-state index in [1.165, 1.54) is 11.8 Å². The van der Waals surface area contributed by atoms with Gasteiger partial charge < -0.3 is 9.84 Å². The first-order chi connectivity index (χ1) is 11.1. The molecule has 23 heavy (non-hydrogen) atoms. The first kappa shape index (κ1) is 14.8. The van der Waals surface area contributed by atoms with Crippen LogP contribution in [0.4, 0.5) is 4.79 Å². The van der Waals surface area contributed by atoms with Crippen LogP contribution in [0.15, 0.2) is 61.1 Å². The number of aromatic nitrogens is 2. The predicted molar refractivity (Wildman–Crippen MR) is 86.6 cm³/mol. The molecular formula is C18H16N2O3. The number of benzene rings is 2. The average molecular weight is 308 g/mol. The summed E-state index contributed by atoms with van der Waals surface area (Å²) in [5.74, 6) is 0.206. The zero-order chi connectivity index (χ0) is 16.2. The summed E-state index contributed by atoms with van der Waals surface area (Å²) in [5.41, 5.74) is 4.46. The average Bonchev–Trinajstić information content (AvgIpc) is 2.96. The minimum Gasteiger partial charge on any atom is -0.449 e. The van der Waals surface area contributed by atoms with Crippen LogP contribution in [0.1, 0.15) is 11.1 Å². The van der Waals surface area contributed by atoms with Crippen LogP contribution in [-0.2, 0) is 6.54 Å². The van der Waals surface area contributed by atoms with Gasteiger partial charge in [-0.15, -0.1) is 0 Å². The van der Waals surface area contributed by atoms with E-state index in [1.807, 2.05) is 37.3 Å². The minimum absolute atomic E-state index is 0.206. The number of hydrogen-bond acceptors (Lipinski definition) is 3. The van der Waals surface area contributed by atoms with Crippen molar-refractivity contribution in [1.82, 2.24) is 9.55 Å². The van der Waals surface area contributed by atoms with Gasteiger partial charge in [-0.3, -0.25) is 4.57 Å². The number of ether oxygens (including phenoxy) is 1. The normalized spacial score (nSPS) is 10.5. The molecule has 116 valence electrons. The van der Waals surface area contributed by atoms with Crippen molar-refractivity contribution in [1.29, 1.82) is 0 Å². The summed E-state index contributed by atoms with van der Waals surface area (Å²) < 4.78 is 6.42. The second-order valence-electron chi connectivity index (χ2n) is 5.25. The van der Waals surface area contributed by atoms with E-state index in [2.05, 4.69) is 23.2 Å². The molecule has 0 amide bonds. The molecule has 0 fully saturated rings. The van der Waals surface area contributed by atoms with E-state index in [9.17, 15) is 4.79 Å². The Morgan fingerprint density at radius 2 is 2.00 bits per heavy atom. The molecule has 0 aliphatic rings. The maximum absolute atomic E-state index is 10.7. The van der Waals surface area contributed by atoms with Crippen LogP contribution in [0.5, 0.6) is 5.88 Å². The fourth-order valence-electron chi connectivity index (χ4n) is 2.50. The maximum atomic E-state index is 10.7. The zero-order valence-corrected chi connectivity index (χ0v) is 12.6. The van der Waals surface area contributed by atoms with E-state index < -0.39 is 6.16 Å². The summed E-state index contributed by atoms with van der Waals surface area (Å²) in [4.78, 5) is 14.7. The lowest BCUT2D eigenvalue weighted by molar-refractivity contribution is 0.141. The molecule has 1 aromatic heterocycles. The second kappa shape index (κ2) is 6.36. The van der Waals surface area contributed by atoms with Gasteiger partial charge in [0.15, 0.2) is 0 Å². The molecule has 3 rings (SSSR count). The van der Waals surface area contributed by atoms with Crippen molar-refractivity contribution in [2.75, 3.05) is 0 Å². The molecule has 0 spiro atoms. The van der Waals surface area contributed by atoms with Crippen molar-refractivity contribution in [2.45, 2.75) is 13.5 Å². The summed E-state index contributed by atoms with van der Waals surface area (Å²) in [6.07, 6.45) is 1.61. The van der Waals surface area contributed by atoms with Gasteiger partial charge >= 0.3 is 6.16 Å². The molecule has 5 heteroatoms. The van der Waals surface area contributed by atoms with Crippen molar-refractivity contribution in [3.63, 3.8) is 0 Å². The fourth-order valence-corrected chi connectivity index (χ4v) is 2.50. The Bertz CT molecular complexity index is 825. The maximum Gasteiger partial charge on any atom is 0.512 e. The van der Waals surface area contributed by atoms with Gasteiger partial charge in [0, 0.05) is 0 Å². The number of hydrogen-bond donors (Lipinski definition) is 1. The number of aryl methyl sites for hydroxylation is 1. The van der Waals surface area contributed by atoms with E-state index in [0.29, 0.717) is 6.54 Å². The molecule has 2 aromatic carbocycles. The molecule has 0 atom stereocenters. The quantitative estimate of drug-likeness (QED) is 0.741. The third-order valence-corrected chi connectivity index (χ3v) is 3.56. The van der Waals surface area contributed by atoms with E-state index >= 15 is 0 Å². The van der Waals surface area contributed by atoms with Crippen LogP contribution in [0, 0.1) is 6.92 Å². The third kappa shape index (κ3) is 3.40. The summed E-state index contributed by atoms with van der Waals surface area (Å²) in [7, 11) is 0. The zero-order valence-electron chi connectivity index (χ0n) is 12.6. The van der Waals surface area contributed by atoms with Gasteiger partial charge in [0.05, 0.1) is 19.1 Å². The highest BCUT2D eigenvalue weighted by atomic mass is 16.7. The van der Waals surface area contributed by atoms with Crippen molar-refractivity contribution in [2.24, 2.45) is 0 Å². The lowest BCUT2D eigenvalue weighted by Crippen LogP contribution is -2.09. The smallest absolute Gasteiger partial charge is 0.449 e. The predicted octanol–water partition coefficient (Wildman–Crippen LogP) is 3.96. The molecule has 1 N–H and O–H groups in total. The Hall–Kier alpha value is -3.08. The molecule has 0 saturated carbocycles. The van der Waals surface area contributed by atoms with Crippen molar-refractivity contribution in [3.8, 4) is 17.0 Å². The number of carboxylic acid groups (broad SMARTS) is 1. The SMILES string of the molecule is Cc1ccc(Cn2cncc2OC(=O)O)c(-c2ccccc2)c1. The van der Waals surface area contributed by atoms with E-state index in [-0.39, 0.29) is 5.88 Å². The van der Waals surface area contributed by atoms with Gasteiger partial charge in [0.25, 0.3) is 0 Å². The minimum atomic E-state index is -1.35. The van der Waals surface area contributed by atoms with E-state index in [0.717, 1.165) is 16.7 Å². The van der Waals surface area contributed by atoms with Crippen molar-refractivity contribution < 1.29 is 14.6 Å². The van der Waals surface area contributed by atoms with Crippen LogP contribution < -0.4 is 4.74 Å². The number of imidazole rings is 1. The molecule has 0 aliphatic heterocycles. The topological polar surface area (TPSA) is 64.4 Å². The number of nitrogens with zero attached hydrogens (tertiary/aromatic N) is 2. The van der Waals surface area contributed by atoms with Crippen LogP contribution in [0.25, 0.3) is 11.1 Å². The fraction of sp³-hybridized carbons (Fsp3) is 0.111. The summed E-state index contributed by atoms with van der Waals surface area (Å²) >= 11 is 0. The molecule has 0 saturated heterocycles. The number of rotatable bonds is 4. The molecule has 1 heterocycles. The lowest BCUT2D eigenvalue weighted by Gasteiger charge is -2.13. The van der Waals surface area contributed by atoms with Crippen LogP contribution >= 0.6 is 0 Å². The van der Waals surface area contributed by atoms with Gasteiger partial charge in [-0.05, 0) is 23.6 Å². The molecule has 5 nitrogen and oxygen atoms in total. The van der Waals surface area contributed by atoms with Gasteiger partial charge in [-0.1, -0.05) is 54.1 Å². The second-order valence-corrected chi connectivity index (χ2v) is 5.25. The Kier molecular flexibility index (Phi) is 4.10. The Labute approximate surface area is 133 Å². The van der Waals surface area contributed by atoms with Gasteiger partial charge in [0.1, 0.15) is 0 Å². The highest BCUT2D eigenvalue weighted by Crippen LogP contribution is 2.26. The standard InChI is InChI=1S/C18H16N2O3/c1-13-7-8-15(16(9-13)14-5-3-2-4-6-14)11-20-12-19-10-17(20)23-18(21)22/h2-10,12H,11H2,1H3,(H,21,22). The largest absolute Gasteiger partial charge is 0.512 e. The Balaban J connectivity index is 1.98. The Morgan fingerprint density at radius 1 is 1.22 bits per heavy atom. The number of carbonyl (C=O) groups is 1. The monoisotopic (exact) mass is 308 g/mol. The highest BCUT2D eigenvalue weighted by molar-refractivity contribution is 5.68. The molecule has 0 unspecified atom stereocenters. The lowest BCUT2D eigenvalue weighted by atomic mass is 9.97. The van der Waals surface area contributed by atoms with Crippen LogP contribution in [-0.4, -0.2) is 20.8 Å². The summed E-state index contributed by atoms with van der Waals surface area (Å²) in [5, 5.41) is 8.78. The molecule has 0 radical (unpaired) electrons. The Morgan fingerprint density at radius 3 is 2.74 bits per heavy atom.